The number of fused-ring (bicyclic) bond motifs is 1. The van der Waals surface area contributed by atoms with Gasteiger partial charge in [0, 0.05) is 12.7 Å². The molecule has 0 aromatic heterocycles. The summed E-state index contributed by atoms with van der Waals surface area (Å²) < 4.78 is 10.4. The molecule has 0 amide bonds. The maximum atomic E-state index is 11.2. The maximum Gasteiger partial charge on any atom is 0.307 e. The quantitative estimate of drug-likeness (QED) is 0.889. The maximum absolute atomic E-state index is 11.2. The number of rotatable bonds is 5. The molecule has 19 heavy (non-hydrogen) atoms. The van der Waals surface area contributed by atoms with Crippen LogP contribution in [0.15, 0.2) is 18.2 Å². The third-order valence-corrected chi connectivity index (χ3v) is 3.73. The number of hydrogen-bond acceptors (Lipinski definition) is 5. The van der Waals surface area contributed by atoms with Crippen LogP contribution in [0.2, 0.25) is 0 Å². The minimum Gasteiger partial charge on any atom is -0.481 e. The average molecular weight is 282 g/mol. The Bertz CT molecular complexity index is 500. The van der Waals surface area contributed by atoms with Crippen molar-refractivity contribution in [3.63, 3.8) is 0 Å². The molecule has 0 saturated heterocycles. The van der Waals surface area contributed by atoms with Gasteiger partial charge in [-0.2, -0.15) is 0 Å². The van der Waals surface area contributed by atoms with Crippen LogP contribution in [-0.2, 0) is 16.0 Å². The number of carboxylic acid groups (broad SMARTS) is 1. The van der Waals surface area contributed by atoms with Crippen LogP contribution < -0.4 is 9.47 Å². The number of carbonyl (C=O) groups excluding carboxylic acids is 1. The summed E-state index contributed by atoms with van der Waals surface area (Å²) >= 11 is 1.04. The van der Waals surface area contributed by atoms with Crippen LogP contribution in [0.5, 0.6) is 11.5 Å². The number of carbonyl (C=O) groups is 2. The van der Waals surface area contributed by atoms with E-state index in [0.29, 0.717) is 17.9 Å². The van der Waals surface area contributed by atoms with Gasteiger partial charge in [0.1, 0.15) is 0 Å². The van der Waals surface area contributed by atoms with E-state index < -0.39 is 11.9 Å². The Morgan fingerprint density at radius 2 is 2.11 bits per heavy atom. The lowest BCUT2D eigenvalue weighted by Gasteiger charge is -2.11. The fourth-order valence-electron chi connectivity index (χ4n) is 1.79. The molecule has 0 bridgehead atoms. The second-order valence-corrected chi connectivity index (χ2v) is 5.43. The van der Waals surface area contributed by atoms with Crippen LogP contribution in [0, 0.1) is 5.92 Å². The third-order valence-electron chi connectivity index (χ3n) is 2.76. The fourth-order valence-corrected chi connectivity index (χ4v) is 2.48. The Balaban J connectivity index is 2.04. The van der Waals surface area contributed by atoms with Crippen LogP contribution in [-0.4, -0.2) is 28.7 Å². The molecule has 2 rings (SSSR count). The van der Waals surface area contributed by atoms with Gasteiger partial charge in [-0.3, -0.25) is 9.59 Å². The number of aliphatic carboxylic acids is 1. The van der Waals surface area contributed by atoms with E-state index in [4.69, 9.17) is 14.6 Å². The summed E-state index contributed by atoms with van der Waals surface area (Å²) in [5, 5.41) is 9.09. The Kier molecular flexibility index (Phi) is 4.31. The lowest BCUT2D eigenvalue weighted by molar-refractivity contribution is -0.140. The Hall–Kier alpha value is -1.69. The molecular weight excluding hydrogens is 268 g/mol. The predicted molar refractivity (Wildman–Crippen MR) is 70.5 cm³/mol. The lowest BCUT2D eigenvalue weighted by atomic mass is 10.0. The molecule has 0 saturated carbocycles. The number of hydrogen-bond donors (Lipinski definition) is 1. The molecule has 6 heteroatoms. The first kappa shape index (κ1) is 13.7. The topological polar surface area (TPSA) is 72.8 Å². The summed E-state index contributed by atoms with van der Waals surface area (Å²) in [6.07, 6.45) is 0.367. The van der Waals surface area contributed by atoms with Crippen molar-refractivity contribution >= 4 is 22.8 Å². The molecule has 1 aliphatic rings. The molecule has 0 spiro atoms. The second-order valence-electron chi connectivity index (χ2n) is 4.23. The van der Waals surface area contributed by atoms with E-state index in [1.807, 2.05) is 6.07 Å². The van der Waals surface area contributed by atoms with Gasteiger partial charge in [-0.15, -0.1) is 0 Å². The number of carboxylic acids is 1. The Morgan fingerprint density at radius 3 is 2.79 bits per heavy atom. The van der Waals surface area contributed by atoms with Gasteiger partial charge in [0.2, 0.25) is 6.79 Å². The first-order valence-corrected chi connectivity index (χ1v) is 6.79. The van der Waals surface area contributed by atoms with Crippen molar-refractivity contribution in [2.24, 2.45) is 5.92 Å². The third kappa shape index (κ3) is 3.64. The van der Waals surface area contributed by atoms with Gasteiger partial charge in [-0.25, -0.2) is 0 Å². The van der Waals surface area contributed by atoms with E-state index >= 15 is 0 Å². The minimum absolute atomic E-state index is 0.0723. The number of thioether (sulfide) groups is 1. The standard InChI is InChI=1S/C13H14O5S/c1-8(14)19-6-10(13(15)16)4-9-2-3-11-12(5-9)18-7-17-11/h2-3,5,10H,4,6-7H2,1H3,(H,15,16)/t10-/m0/s1. The zero-order chi connectivity index (χ0) is 13.8. The zero-order valence-corrected chi connectivity index (χ0v) is 11.2. The number of ether oxygens (including phenoxy) is 2. The van der Waals surface area contributed by atoms with Gasteiger partial charge in [0.05, 0.1) is 5.92 Å². The second kappa shape index (κ2) is 5.97. The van der Waals surface area contributed by atoms with Crippen molar-refractivity contribution in [2.75, 3.05) is 12.5 Å². The summed E-state index contributed by atoms with van der Waals surface area (Å²) in [6, 6.07) is 5.38. The van der Waals surface area contributed by atoms with Gasteiger partial charge in [-0.05, 0) is 24.1 Å². The van der Waals surface area contributed by atoms with E-state index in [2.05, 4.69) is 0 Å². The van der Waals surface area contributed by atoms with Gasteiger partial charge < -0.3 is 14.6 Å². The van der Waals surface area contributed by atoms with Crippen molar-refractivity contribution < 1.29 is 24.2 Å². The summed E-state index contributed by atoms with van der Waals surface area (Å²) in [6.45, 7) is 1.63. The molecule has 1 aliphatic heterocycles. The molecule has 5 nitrogen and oxygen atoms in total. The van der Waals surface area contributed by atoms with Crippen molar-refractivity contribution in [3.8, 4) is 11.5 Å². The lowest BCUT2D eigenvalue weighted by Crippen LogP contribution is -2.19. The first-order valence-electron chi connectivity index (χ1n) is 5.81. The van der Waals surface area contributed by atoms with E-state index in [0.717, 1.165) is 17.3 Å². The van der Waals surface area contributed by atoms with Gasteiger partial charge in [0.25, 0.3) is 0 Å². The SMILES string of the molecule is CC(=O)SC[C@H](Cc1ccc2c(c1)OCO2)C(=O)O. The highest BCUT2D eigenvalue weighted by Crippen LogP contribution is 2.33. The zero-order valence-electron chi connectivity index (χ0n) is 10.4. The molecule has 0 radical (unpaired) electrons. The monoisotopic (exact) mass is 282 g/mol. The Morgan fingerprint density at radius 1 is 1.37 bits per heavy atom. The van der Waals surface area contributed by atoms with Crippen molar-refractivity contribution in [1.82, 2.24) is 0 Å². The van der Waals surface area contributed by atoms with Crippen molar-refractivity contribution in [1.29, 1.82) is 0 Å². The fraction of sp³-hybridized carbons (Fsp3) is 0.385. The molecule has 1 aromatic rings. The van der Waals surface area contributed by atoms with Crippen LogP contribution in [0.3, 0.4) is 0 Å². The van der Waals surface area contributed by atoms with Crippen LogP contribution in [0.25, 0.3) is 0 Å². The normalized spacial score (nSPS) is 14.2. The van der Waals surface area contributed by atoms with Gasteiger partial charge >= 0.3 is 5.97 Å². The highest BCUT2D eigenvalue weighted by molar-refractivity contribution is 8.13. The average Bonchev–Trinajstić information content (AvgIpc) is 2.81. The molecule has 1 N–H and O–H groups in total. The molecule has 102 valence electrons. The number of benzene rings is 1. The van der Waals surface area contributed by atoms with Crippen LogP contribution >= 0.6 is 11.8 Å². The summed E-state index contributed by atoms with van der Waals surface area (Å²) in [5.74, 6) is 0.106. The van der Waals surface area contributed by atoms with Crippen molar-refractivity contribution in [2.45, 2.75) is 13.3 Å². The summed E-state index contributed by atoms with van der Waals surface area (Å²) in [4.78, 5) is 22.1. The summed E-state index contributed by atoms with van der Waals surface area (Å²) in [5.41, 5.74) is 0.862. The highest BCUT2D eigenvalue weighted by Gasteiger charge is 2.21. The van der Waals surface area contributed by atoms with Crippen molar-refractivity contribution in [3.05, 3.63) is 23.8 Å². The Labute approximate surface area is 114 Å². The predicted octanol–water partition coefficient (Wildman–Crippen LogP) is 1.94. The van der Waals surface area contributed by atoms with E-state index in [-0.39, 0.29) is 17.7 Å². The molecule has 1 aromatic carbocycles. The highest BCUT2D eigenvalue weighted by atomic mass is 32.2. The molecular formula is C13H14O5S. The first-order chi connectivity index (χ1) is 9.06. The molecule has 0 fully saturated rings. The summed E-state index contributed by atoms with van der Waals surface area (Å²) in [7, 11) is 0. The van der Waals surface area contributed by atoms with E-state index in [9.17, 15) is 9.59 Å². The van der Waals surface area contributed by atoms with Crippen LogP contribution in [0.1, 0.15) is 12.5 Å². The smallest absolute Gasteiger partial charge is 0.307 e. The minimum atomic E-state index is -0.897. The molecule has 0 unspecified atom stereocenters. The molecule has 1 heterocycles. The van der Waals surface area contributed by atoms with E-state index in [1.165, 1.54) is 6.92 Å². The van der Waals surface area contributed by atoms with E-state index in [1.54, 1.807) is 12.1 Å². The van der Waals surface area contributed by atoms with Crippen LogP contribution in [0.4, 0.5) is 0 Å². The van der Waals surface area contributed by atoms with Gasteiger partial charge in [0.15, 0.2) is 16.6 Å². The molecule has 0 aliphatic carbocycles. The molecule has 1 atom stereocenters. The largest absolute Gasteiger partial charge is 0.481 e. The van der Waals surface area contributed by atoms with Gasteiger partial charge in [-0.1, -0.05) is 17.8 Å².